The molecule has 1 atom stereocenters. The van der Waals surface area contributed by atoms with Crippen molar-refractivity contribution in [1.29, 1.82) is 0 Å². The molecule has 0 bridgehead atoms. The molecule has 0 fully saturated rings. The van der Waals surface area contributed by atoms with Gasteiger partial charge < -0.3 is 9.47 Å². The Balaban J connectivity index is 3.71. The van der Waals surface area contributed by atoms with Crippen molar-refractivity contribution in [3.63, 3.8) is 0 Å². The van der Waals surface area contributed by atoms with Crippen LogP contribution in [0.1, 0.15) is 20.3 Å². The largest absolute Gasteiger partial charge is 0.464 e. The molecule has 0 aliphatic carbocycles. The van der Waals surface area contributed by atoms with Gasteiger partial charge in [-0.15, -0.1) is 11.8 Å². The van der Waals surface area contributed by atoms with Gasteiger partial charge in [-0.25, -0.2) is 4.79 Å². The third-order valence-electron chi connectivity index (χ3n) is 1.31. The molecule has 0 rings (SSSR count). The fraction of sp³-hybridized carbons (Fsp3) is 0.875. The molecule has 0 heterocycles. The van der Waals surface area contributed by atoms with Crippen LogP contribution in [-0.4, -0.2) is 30.9 Å². The molecule has 4 heteroatoms. The Morgan fingerprint density at radius 1 is 1.50 bits per heavy atom. The van der Waals surface area contributed by atoms with E-state index in [9.17, 15) is 4.79 Å². The van der Waals surface area contributed by atoms with Crippen molar-refractivity contribution >= 4 is 17.7 Å². The molecule has 0 saturated carbocycles. The van der Waals surface area contributed by atoms with Crippen LogP contribution in [0.4, 0.5) is 0 Å². The molecule has 0 radical (unpaired) electrons. The second kappa shape index (κ2) is 7.43. The fourth-order valence-electron chi connectivity index (χ4n) is 0.738. The Hall–Kier alpha value is -0.220. The van der Waals surface area contributed by atoms with E-state index in [1.807, 2.05) is 13.2 Å². The molecule has 0 aliphatic heterocycles. The van der Waals surface area contributed by atoms with Gasteiger partial charge in [0.2, 0.25) is 0 Å². The standard InChI is InChI=1S/C8H16O3S/c1-4-7(11-6-12-3)8(9)10-5-2/h7H,4-6H2,1-3H3. The first kappa shape index (κ1) is 11.8. The Morgan fingerprint density at radius 2 is 2.17 bits per heavy atom. The monoisotopic (exact) mass is 192 g/mol. The number of rotatable bonds is 6. The summed E-state index contributed by atoms with van der Waals surface area (Å²) in [4.78, 5) is 11.1. The number of ether oxygens (including phenoxy) is 2. The maximum absolute atomic E-state index is 11.1. The van der Waals surface area contributed by atoms with E-state index in [1.54, 1.807) is 18.7 Å². The van der Waals surface area contributed by atoms with Gasteiger partial charge in [0.15, 0.2) is 6.10 Å². The molecule has 0 amide bonds. The zero-order valence-electron chi connectivity index (χ0n) is 7.83. The lowest BCUT2D eigenvalue weighted by Crippen LogP contribution is -2.25. The van der Waals surface area contributed by atoms with Crippen molar-refractivity contribution in [3.8, 4) is 0 Å². The normalized spacial score (nSPS) is 12.6. The molecule has 72 valence electrons. The predicted octanol–water partition coefficient (Wildman–Crippen LogP) is 1.67. The molecule has 0 spiro atoms. The zero-order valence-corrected chi connectivity index (χ0v) is 8.65. The summed E-state index contributed by atoms with van der Waals surface area (Å²) >= 11 is 1.55. The van der Waals surface area contributed by atoms with Crippen LogP contribution in [0.25, 0.3) is 0 Å². The van der Waals surface area contributed by atoms with Gasteiger partial charge in [-0.2, -0.15) is 0 Å². The van der Waals surface area contributed by atoms with Gasteiger partial charge in [0, 0.05) is 0 Å². The highest BCUT2D eigenvalue weighted by atomic mass is 32.2. The van der Waals surface area contributed by atoms with Crippen LogP contribution < -0.4 is 0 Å². The molecule has 0 N–H and O–H groups in total. The summed E-state index contributed by atoms with van der Waals surface area (Å²) in [6.07, 6.45) is 2.20. The molecule has 0 aromatic rings. The van der Waals surface area contributed by atoms with Crippen LogP contribution in [0.15, 0.2) is 0 Å². The van der Waals surface area contributed by atoms with Gasteiger partial charge in [0.05, 0.1) is 12.5 Å². The van der Waals surface area contributed by atoms with Crippen LogP contribution in [-0.2, 0) is 14.3 Å². The van der Waals surface area contributed by atoms with E-state index in [1.165, 1.54) is 0 Å². The maximum Gasteiger partial charge on any atom is 0.335 e. The molecule has 1 unspecified atom stereocenters. The Labute approximate surface area is 77.8 Å². The fourth-order valence-corrected chi connectivity index (χ4v) is 1.04. The lowest BCUT2D eigenvalue weighted by molar-refractivity contribution is -0.155. The third-order valence-corrected chi connectivity index (χ3v) is 1.68. The second-order valence-electron chi connectivity index (χ2n) is 2.22. The van der Waals surface area contributed by atoms with Gasteiger partial charge in [0.25, 0.3) is 0 Å². The summed E-state index contributed by atoms with van der Waals surface area (Å²) in [7, 11) is 0. The van der Waals surface area contributed by atoms with Crippen LogP contribution >= 0.6 is 11.8 Å². The highest BCUT2D eigenvalue weighted by Gasteiger charge is 2.17. The summed E-state index contributed by atoms with van der Waals surface area (Å²) in [5.41, 5.74) is 0. The van der Waals surface area contributed by atoms with E-state index >= 15 is 0 Å². The van der Waals surface area contributed by atoms with E-state index in [2.05, 4.69) is 0 Å². The number of thioether (sulfide) groups is 1. The topological polar surface area (TPSA) is 35.5 Å². The lowest BCUT2D eigenvalue weighted by atomic mass is 10.3. The Bertz CT molecular complexity index is 127. The van der Waals surface area contributed by atoms with Gasteiger partial charge in [-0.1, -0.05) is 6.92 Å². The minimum atomic E-state index is -0.391. The SMILES string of the molecule is CCOC(=O)C(CC)OCSC. The number of carbonyl (C=O) groups is 1. The number of carbonyl (C=O) groups excluding carboxylic acids is 1. The highest BCUT2D eigenvalue weighted by molar-refractivity contribution is 7.98. The Kier molecular flexibility index (Phi) is 7.29. The molecule has 0 saturated heterocycles. The van der Waals surface area contributed by atoms with Gasteiger partial charge in [0.1, 0.15) is 0 Å². The molecular formula is C8H16O3S. The number of esters is 1. The first-order valence-corrected chi connectivity index (χ1v) is 5.42. The molecule has 0 aromatic heterocycles. The zero-order chi connectivity index (χ0) is 9.40. The van der Waals surface area contributed by atoms with Crippen LogP contribution in [0.5, 0.6) is 0 Å². The van der Waals surface area contributed by atoms with Crippen molar-refractivity contribution in [1.82, 2.24) is 0 Å². The highest BCUT2D eigenvalue weighted by Crippen LogP contribution is 2.04. The van der Waals surface area contributed by atoms with Crippen LogP contribution in [0.2, 0.25) is 0 Å². The third kappa shape index (κ3) is 4.62. The van der Waals surface area contributed by atoms with E-state index in [4.69, 9.17) is 9.47 Å². The first-order valence-electron chi connectivity index (χ1n) is 4.03. The first-order chi connectivity index (χ1) is 5.76. The van der Waals surface area contributed by atoms with E-state index in [-0.39, 0.29) is 5.97 Å². The Morgan fingerprint density at radius 3 is 2.58 bits per heavy atom. The van der Waals surface area contributed by atoms with E-state index in [0.29, 0.717) is 19.0 Å². The van der Waals surface area contributed by atoms with Crippen molar-refractivity contribution in [2.45, 2.75) is 26.4 Å². The summed E-state index contributed by atoms with van der Waals surface area (Å²) in [5.74, 6) is 0.283. The molecule has 12 heavy (non-hydrogen) atoms. The van der Waals surface area contributed by atoms with Crippen molar-refractivity contribution < 1.29 is 14.3 Å². The molecule has 3 nitrogen and oxygen atoms in total. The number of hydrogen-bond donors (Lipinski definition) is 0. The van der Waals surface area contributed by atoms with Crippen molar-refractivity contribution in [2.24, 2.45) is 0 Å². The second-order valence-corrected chi connectivity index (χ2v) is 3.04. The molecular weight excluding hydrogens is 176 g/mol. The summed E-state index contributed by atoms with van der Waals surface area (Å²) < 4.78 is 10.1. The lowest BCUT2D eigenvalue weighted by Gasteiger charge is -2.13. The summed E-state index contributed by atoms with van der Waals surface area (Å²) in [5, 5.41) is 0. The van der Waals surface area contributed by atoms with Crippen molar-refractivity contribution in [2.75, 3.05) is 18.8 Å². The predicted molar refractivity (Wildman–Crippen MR) is 50.2 cm³/mol. The molecule has 0 aliphatic rings. The van der Waals surface area contributed by atoms with E-state index < -0.39 is 6.10 Å². The summed E-state index contributed by atoms with van der Waals surface area (Å²) in [6.45, 7) is 4.11. The quantitative estimate of drug-likeness (QED) is 0.473. The van der Waals surface area contributed by atoms with Crippen LogP contribution in [0, 0.1) is 0 Å². The van der Waals surface area contributed by atoms with Crippen molar-refractivity contribution in [3.05, 3.63) is 0 Å². The number of hydrogen-bond acceptors (Lipinski definition) is 4. The average Bonchev–Trinajstić information content (AvgIpc) is 2.06. The maximum atomic E-state index is 11.1. The van der Waals surface area contributed by atoms with Gasteiger partial charge in [-0.3, -0.25) is 0 Å². The molecule has 0 aromatic carbocycles. The smallest absolute Gasteiger partial charge is 0.335 e. The average molecular weight is 192 g/mol. The van der Waals surface area contributed by atoms with Crippen LogP contribution in [0.3, 0.4) is 0 Å². The minimum absolute atomic E-state index is 0.256. The van der Waals surface area contributed by atoms with E-state index in [0.717, 1.165) is 0 Å². The minimum Gasteiger partial charge on any atom is -0.464 e. The summed E-state index contributed by atoms with van der Waals surface area (Å²) in [6, 6.07) is 0. The van der Waals surface area contributed by atoms with Gasteiger partial charge in [-0.05, 0) is 19.6 Å². The van der Waals surface area contributed by atoms with Gasteiger partial charge >= 0.3 is 5.97 Å².